The Hall–Kier alpha value is -3.08. The van der Waals surface area contributed by atoms with Crippen LogP contribution < -0.4 is 0 Å². The summed E-state index contributed by atoms with van der Waals surface area (Å²) in [6, 6.07) is 5.67. The standard InChI is InChI=1S/C19H15F6N3O2/c1-10-2-3-15(17(30)4-10)28-9-14(26-27-28)8-16(29)11-5-12(18(20,21)22)7-13(6-11)19(23,24)25/h2-7,9,16,29-30H,8H2,1H3. The quantitative estimate of drug-likeness (QED) is 0.593. The topological polar surface area (TPSA) is 71.2 Å². The molecule has 0 aliphatic rings. The average Bonchev–Trinajstić information content (AvgIpc) is 3.08. The van der Waals surface area contributed by atoms with Crippen LogP contribution in [0.4, 0.5) is 26.3 Å². The van der Waals surface area contributed by atoms with Gasteiger partial charge in [0.25, 0.3) is 0 Å². The van der Waals surface area contributed by atoms with Gasteiger partial charge in [-0.2, -0.15) is 26.3 Å². The molecule has 3 aromatic rings. The van der Waals surface area contributed by atoms with Crippen molar-refractivity contribution < 1.29 is 36.6 Å². The maximum atomic E-state index is 13.0. The van der Waals surface area contributed by atoms with Gasteiger partial charge in [0.05, 0.1) is 29.1 Å². The number of aromatic nitrogens is 3. The highest BCUT2D eigenvalue weighted by molar-refractivity contribution is 5.47. The Morgan fingerprint density at radius 3 is 2.10 bits per heavy atom. The first-order valence-electron chi connectivity index (χ1n) is 8.53. The molecule has 0 radical (unpaired) electrons. The Balaban J connectivity index is 1.89. The van der Waals surface area contributed by atoms with Crippen LogP contribution in [0.25, 0.3) is 5.69 Å². The van der Waals surface area contributed by atoms with Crippen LogP contribution in [0, 0.1) is 6.92 Å². The number of benzene rings is 2. The molecular weight excluding hydrogens is 416 g/mol. The van der Waals surface area contributed by atoms with E-state index < -0.39 is 35.1 Å². The van der Waals surface area contributed by atoms with Gasteiger partial charge in [0.2, 0.25) is 0 Å². The zero-order valence-electron chi connectivity index (χ0n) is 15.3. The van der Waals surface area contributed by atoms with Gasteiger partial charge in [0.1, 0.15) is 11.4 Å². The lowest BCUT2D eigenvalue weighted by atomic mass is 9.99. The maximum Gasteiger partial charge on any atom is 0.416 e. The second-order valence-electron chi connectivity index (χ2n) is 6.71. The molecule has 1 atom stereocenters. The second-order valence-corrected chi connectivity index (χ2v) is 6.71. The highest BCUT2D eigenvalue weighted by Crippen LogP contribution is 2.37. The van der Waals surface area contributed by atoms with Crippen molar-refractivity contribution in [3.63, 3.8) is 0 Å². The molecule has 2 aromatic carbocycles. The summed E-state index contributed by atoms with van der Waals surface area (Å²) in [5.41, 5.74) is -2.41. The first kappa shape index (κ1) is 21.6. The lowest BCUT2D eigenvalue weighted by Gasteiger charge is -2.16. The van der Waals surface area contributed by atoms with Crippen LogP contribution in [0.5, 0.6) is 5.75 Å². The lowest BCUT2D eigenvalue weighted by molar-refractivity contribution is -0.143. The molecule has 0 fully saturated rings. The van der Waals surface area contributed by atoms with Gasteiger partial charge in [-0.1, -0.05) is 11.3 Å². The molecule has 0 amide bonds. The Morgan fingerprint density at radius 1 is 0.967 bits per heavy atom. The molecule has 1 unspecified atom stereocenters. The Kier molecular flexibility index (Phi) is 5.50. The summed E-state index contributed by atoms with van der Waals surface area (Å²) in [6.07, 6.45) is -10.8. The van der Waals surface area contributed by atoms with Crippen molar-refractivity contribution >= 4 is 0 Å². The first-order chi connectivity index (χ1) is 13.8. The zero-order valence-corrected chi connectivity index (χ0v) is 15.3. The van der Waals surface area contributed by atoms with Crippen LogP contribution in [0.2, 0.25) is 0 Å². The van der Waals surface area contributed by atoms with Crippen molar-refractivity contribution in [1.29, 1.82) is 0 Å². The fraction of sp³-hybridized carbons (Fsp3) is 0.263. The van der Waals surface area contributed by atoms with E-state index in [1.54, 1.807) is 19.1 Å². The van der Waals surface area contributed by atoms with Gasteiger partial charge in [0, 0.05) is 6.42 Å². The van der Waals surface area contributed by atoms with Crippen LogP contribution in [-0.4, -0.2) is 25.2 Å². The largest absolute Gasteiger partial charge is 0.506 e. The highest BCUT2D eigenvalue weighted by Gasteiger charge is 2.37. The van der Waals surface area contributed by atoms with Crippen molar-refractivity contribution in [2.45, 2.75) is 31.8 Å². The number of aromatic hydroxyl groups is 1. The number of hydrogen-bond donors (Lipinski definition) is 2. The van der Waals surface area contributed by atoms with Gasteiger partial charge in [0.15, 0.2) is 0 Å². The van der Waals surface area contributed by atoms with E-state index in [1.807, 2.05) is 0 Å². The molecule has 0 bridgehead atoms. The van der Waals surface area contributed by atoms with Crippen molar-refractivity contribution in [2.75, 3.05) is 0 Å². The minimum absolute atomic E-state index is 0.00727. The number of aliphatic hydroxyl groups is 1. The van der Waals surface area contributed by atoms with E-state index >= 15 is 0 Å². The number of phenolic OH excluding ortho intramolecular Hbond substituents is 1. The highest BCUT2D eigenvalue weighted by atomic mass is 19.4. The third-order valence-electron chi connectivity index (χ3n) is 4.32. The van der Waals surface area contributed by atoms with Gasteiger partial charge in [-0.25, -0.2) is 4.68 Å². The molecule has 2 N–H and O–H groups in total. The van der Waals surface area contributed by atoms with Crippen LogP contribution in [0.1, 0.15) is 34.1 Å². The summed E-state index contributed by atoms with van der Waals surface area (Å²) in [6.45, 7) is 1.76. The van der Waals surface area contributed by atoms with Gasteiger partial charge in [-0.05, 0) is 48.4 Å². The Labute approximate surface area is 166 Å². The molecule has 30 heavy (non-hydrogen) atoms. The van der Waals surface area contributed by atoms with Gasteiger partial charge in [-0.15, -0.1) is 5.10 Å². The van der Waals surface area contributed by atoms with Crippen LogP contribution in [0.15, 0.2) is 42.6 Å². The van der Waals surface area contributed by atoms with E-state index in [4.69, 9.17) is 0 Å². The predicted octanol–water partition coefficient (Wildman–Crippen LogP) is 4.60. The number of alkyl halides is 6. The summed E-state index contributed by atoms with van der Waals surface area (Å²) in [4.78, 5) is 0. The van der Waals surface area contributed by atoms with E-state index in [0.717, 1.165) is 5.56 Å². The SMILES string of the molecule is Cc1ccc(-n2cc(CC(O)c3cc(C(F)(F)F)cc(C(F)(F)F)c3)nn2)c(O)c1. The Morgan fingerprint density at radius 2 is 1.57 bits per heavy atom. The number of phenols is 1. The number of hydrogen-bond acceptors (Lipinski definition) is 4. The van der Waals surface area contributed by atoms with E-state index in [-0.39, 0.29) is 29.6 Å². The first-order valence-corrected chi connectivity index (χ1v) is 8.53. The van der Waals surface area contributed by atoms with Gasteiger partial charge in [-0.3, -0.25) is 0 Å². The molecule has 0 saturated carbocycles. The predicted molar refractivity (Wildman–Crippen MR) is 92.9 cm³/mol. The number of aryl methyl sites for hydroxylation is 1. The minimum Gasteiger partial charge on any atom is -0.506 e. The molecular formula is C19H15F6N3O2. The van der Waals surface area contributed by atoms with E-state index in [0.29, 0.717) is 12.1 Å². The summed E-state index contributed by atoms with van der Waals surface area (Å²) in [7, 11) is 0. The van der Waals surface area contributed by atoms with Crippen molar-refractivity contribution in [3.8, 4) is 11.4 Å². The Bertz CT molecular complexity index is 1030. The zero-order chi connectivity index (χ0) is 22.3. The molecule has 160 valence electrons. The average molecular weight is 431 g/mol. The number of halogens is 6. The van der Waals surface area contributed by atoms with Crippen molar-refractivity contribution in [2.24, 2.45) is 0 Å². The summed E-state index contributed by atoms with van der Waals surface area (Å²) < 4.78 is 79.1. The molecule has 0 aliphatic heterocycles. The molecule has 1 heterocycles. The second kappa shape index (κ2) is 7.63. The van der Waals surface area contributed by atoms with Crippen molar-refractivity contribution in [1.82, 2.24) is 15.0 Å². The van der Waals surface area contributed by atoms with E-state index in [1.165, 1.54) is 16.9 Å². The fourth-order valence-corrected chi connectivity index (χ4v) is 2.82. The molecule has 3 rings (SSSR count). The number of rotatable bonds is 4. The van der Waals surface area contributed by atoms with Crippen LogP contribution in [0.3, 0.4) is 0 Å². The number of nitrogens with zero attached hydrogens (tertiary/aromatic N) is 3. The van der Waals surface area contributed by atoms with Crippen molar-refractivity contribution in [3.05, 3.63) is 70.5 Å². The maximum absolute atomic E-state index is 13.0. The lowest BCUT2D eigenvalue weighted by Crippen LogP contribution is -2.13. The molecule has 0 spiro atoms. The van der Waals surface area contributed by atoms with E-state index in [9.17, 15) is 36.6 Å². The summed E-state index contributed by atoms with van der Waals surface area (Å²) >= 11 is 0. The van der Waals surface area contributed by atoms with Crippen LogP contribution in [-0.2, 0) is 18.8 Å². The normalized spacial score (nSPS) is 13.5. The molecule has 0 aliphatic carbocycles. The smallest absolute Gasteiger partial charge is 0.416 e. The molecule has 5 nitrogen and oxygen atoms in total. The third kappa shape index (κ3) is 4.73. The monoisotopic (exact) mass is 431 g/mol. The molecule has 1 aromatic heterocycles. The summed E-state index contributed by atoms with van der Waals surface area (Å²) in [5, 5.41) is 27.8. The third-order valence-corrected chi connectivity index (χ3v) is 4.32. The number of aliphatic hydroxyl groups excluding tert-OH is 1. The van der Waals surface area contributed by atoms with Gasteiger partial charge < -0.3 is 10.2 Å². The molecule has 11 heteroatoms. The molecule has 0 saturated heterocycles. The van der Waals surface area contributed by atoms with Gasteiger partial charge >= 0.3 is 12.4 Å². The minimum atomic E-state index is -5.01. The van der Waals surface area contributed by atoms with Crippen LogP contribution >= 0.6 is 0 Å². The summed E-state index contributed by atoms with van der Waals surface area (Å²) in [5.74, 6) is -0.0975. The van der Waals surface area contributed by atoms with E-state index in [2.05, 4.69) is 10.3 Å². The fourth-order valence-electron chi connectivity index (χ4n) is 2.82.